The van der Waals surface area contributed by atoms with E-state index in [0.717, 1.165) is 0 Å². The summed E-state index contributed by atoms with van der Waals surface area (Å²) in [5.74, 6) is -0.167. The van der Waals surface area contributed by atoms with E-state index in [1.54, 1.807) is 48.5 Å². The summed E-state index contributed by atoms with van der Waals surface area (Å²) in [6.45, 7) is -0.950. The molecule has 0 unspecified atom stereocenters. The lowest BCUT2D eigenvalue weighted by Crippen LogP contribution is -2.37. The fourth-order valence-electron chi connectivity index (χ4n) is 2.52. The Hall–Kier alpha value is -2.00. The summed E-state index contributed by atoms with van der Waals surface area (Å²) in [7, 11) is 0. The molecule has 0 heterocycles. The van der Waals surface area contributed by atoms with E-state index in [1.807, 2.05) is 0 Å². The first-order chi connectivity index (χ1) is 8.68. The van der Waals surface area contributed by atoms with Gasteiger partial charge in [0.1, 0.15) is 12.3 Å². The number of carbonyl (C=O) groups excluding carboxylic acids is 1. The number of halogens is 1. The Balaban J connectivity index is 2.38. The second kappa shape index (κ2) is 3.75. The van der Waals surface area contributed by atoms with Crippen LogP contribution in [0, 0.1) is 0 Å². The summed E-state index contributed by atoms with van der Waals surface area (Å²) >= 11 is 0. The fourth-order valence-corrected chi connectivity index (χ4v) is 2.52. The highest BCUT2D eigenvalue weighted by molar-refractivity contribution is 6.13. The van der Waals surface area contributed by atoms with Gasteiger partial charge in [-0.15, -0.1) is 0 Å². The second-order valence-corrected chi connectivity index (χ2v) is 4.41. The minimum Gasteiger partial charge on any atom is -0.378 e. The van der Waals surface area contributed by atoms with Gasteiger partial charge in [-0.25, -0.2) is 4.39 Å². The molecule has 1 aliphatic carbocycles. The Labute approximate surface area is 104 Å². The highest BCUT2D eigenvalue weighted by Gasteiger charge is 2.41. The molecule has 2 aromatic carbocycles. The third-order valence-electron chi connectivity index (χ3n) is 3.43. The van der Waals surface area contributed by atoms with Gasteiger partial charge in [0.15, 0.2) is 5.78 Å². The number of ketones is 1. The van der Waals surface area contributed by atoms with Crippen LogP contribution in [-0.4, -0.2) is 17.6 Å². The van der Waals surface area contributed by atoms with Crippen LogP contribution in [0.4, 0.5) is 4.39 Å². The van der Waals surface area contributed by atoms with Gasteiger partial charge in [-0.1, -0.05) is 48.5 Å². The lowest BCUT2D eigenvalue weighted by Gasteiger charge is -2.33. The number of hydrogen-bond donors (Lipinski definition) is 1. The predicted octanol–water partition coefficient (Wildman–Crippen LogP) is 2.44. The van der Waals surface area contributed by atoms with Crippen molar-refractivity contribution in [2.45, 2.75) is 5.60 Å². The monoisotopic (exact) mass is 242 g/mol. The van der Waals surface area contributed by atoms with E-state index >= 15 is 0 Å². The van der Waals surface area contributed by atoms with Gasteiger partial charge < -0.3 is 5.11 Å². The number of fused-ring (bicyclic) bond motifs is 2. The highest BCUT2D eigenvalue weighted by atomic mass is 19.1. The van der Waals surface area contributed by atoms with Crippen LogP contribution in [-0.2, 0) is 5.60 Å². The Morgan fingerprint density at radius 1 is 0.944 bits per heavy atom. The molecule has 1 aliphatic rings. The zero-order valence-corrected chi connectivity index (χ0v) is 9.56. The lowest BCUT2D eigenvalue weighted by molar-refractivity contribution is 0.0469. The summed E-state index contributed by atoms with van der Waals surface area (Å²) in [5.41, 5.74) is -0.290. The van der Waals surface area contributed by atoms with E-state index in [0.29, 0.717) is 22.3 Å². The fraction of sp³-hybridized carbons (Fsp3) is 0.133. The molecule has 18 heavy (non-hydrogen) atoms. The van der Waals surface area contributed by atoms with Crippen LogP contribution in [0.15, 0.2) is 48.5 Å². The van der Waals surface area contributed by atoms with Crippen molar-refractivity contribution in [1.82, 2.24) is 0 Å². The highest BCUT2D eigenvalue weighted by Crippen LogP contribution is 2.39. The molecule has 0 radical (unpaired) electrons. The lowest BCUT2D eigenvalue weighted by atomic mass is 9.75. The minimum atomic E-state index is -1.72. The Kier molecular flexibility index (Phi) is 2.31. The molecule has 2 nitrogen and oxygen atoms in total. The molecule has 0 aromatic heterocycles. The average Bonchev–Trinajstić information content (AvgIpc) is 2.45. The minimum absolute atomic E-state index is 0.167. The third kappa shape index (κ3) is 1.28. The number of benzene rings is 2. The third-order valence-corrected chi connectivity index (χ3v) is 3.43. The predicted molar refractivity (Wildman–Crippen MR) is 65.3 cm³/mol. The van der Waals surface area contributed by atoms with Crippen LogP contribution in [0.2, 0.25) is 0 Å². The van der Waals surface area contributed by atoms with Crippen LogP contribution in [0.3, 0.4) is 0 Å². The smallest absolute Gasteiger partial charge is 0.193 e. The van der Waals surface area contributed by atoms with Crippen molar-refractivity contribution < 1.29 is 14.3 Å². The van der Waals surface area contributed by atoms with E-state index in [9.17, 15) is 14.3 Å². The summed E-state index contributed by atoms with van der Waals surface area (Å²) in [4.78, 5) is 12.3. The van der Waals surface area contributed by atoms with Crippen molar-refractivity contribution in [3.63, 3.8) is 0 Å². The first-order valence-electron chi connectivity index (χ1n) is 5.70. The molecule has 3 heteroatoms. The number of carbonyl (C=O) groups is 1. The zero-order chi connectivity index (χ0) is 12.8. The van der Waals surface area contributed by atoms with Crippen molar-refractivity contribution >= 4 is 5.78 Å². The molecule has 90 valence electrons. The Morgan fingerprint density at radius 3 is 1.83 bits per heavy atom. The van der Waals surface area contributed by atoms with E-state index < -0.39 is 12.3 Å². The number of alkyl halides is 1. The zero-order valence-electron chi connectivity index (χ0n) is 9.56. The van der Waals surface area contributed by atoms with Crippen LogP contribution in [0.1, 0.15) is 27.0 Å². The number of rotatable bonds is 1. The first-order valence-corrected chi connectivity index (χ1v) is 5.70. The first kappa shape index (κ1) is 11.1. The van der Waals surface area contributed by atoms with Crippen molar-refractivity contribution in [1.29, 1.82) is 0 Å². The van der Waals surface area contributed by atoms with Crippen molar-refractivity contribution in [3.8, 4) is 0 Å². The quantitative estimate of drug-likeness (QED) is 0.834. The van der Waals surface area contributed by atoms with Crippen molar-refractivity contribution in [3.05, 3.63) is 70.8 Å². The SMILES string of the molecule is O=C1c2ccccc2C(O)(CF)c2ccccc21. The maximum Gasteiger partial charge on any atom is 0.193 e. The van der Waals surface area contributed by atoms with E-state index in [1.165, 1.54) is 0 Å². The van der Waals surface area contributed by atoms with Crippen LogP contribution < -0.4 is 0 Å². The summed E-state index contributed by atoms with van der Waals surface area (Å²) in [5, 5.41) is 10.6. The van der Waals surface area contributed by atoms with Gasteiger partial charge in [-0.2, -0.15) is 0 Å². The molecule has 0 spiro atoms. The van der Waals surface area contributed by atoms with Gasteiger partial charge in [-0.05, 0) is 0 Å². The molecule has 0 saturated carbocycles. The average molecular weight is 242 g/mol. The van der Waals surface area contributed by atoms with Gasteiger partial charge in [0.05, 0.1) is 0 Å². The van der Waals surface area contributed by atoms with Gasteiger partial charge in [0, 0.05) is 22.3 Å². The largest absolute Gasteiger partial charge is 0.378 e. The normalized spacial score (nSPS) is 16.0. The van der Waals surface area contributed by atoms with Gasteiger partial charge in [0.25, 0.3) is 0 Å². The molecule has 0 atom stereocenters. The maximum absolute atomic E-state index is 13.4. The second-order valence-electron chi connectivity index (χ2n) is 4.41. The molecule has 2 aromatic rings. The molecule has 1 N–H and O–H groups in total. The molecule has 0 fully saturated rings. The van der Waals surface area contributed by atoms with Gasteiger partial charge in [0.2, 0.25) is 0 Å². The van der Waals surface area contributed by atoms with Gasteiger partial charge in [-0.3, -0.25) is 4.79 Å². The summed E-state index contributed by atoms with van der Waals surface area (Å²) < 4.78 is 13.4. The van der Waals surface area contributed by atoms with Crippen LogP contribution >= 0.6 is 0 Å². The number of aliphatic hydroxyl groups is 1. The van der Waals surface area contributed by atoms with Crippen LogP contribution in [0.25, 0.3) is 0 Å². The molecular formula is C15H11FO2. The molecule has 0 aliphatic heterocycles. The topological polar surface area (TPSA) is 37.3 Å². The number of hydrogen-bond acceptors (Lipinski definition) is 2. The van der Waals surface area contributed by atoms with Gasteiger partial charge >= 0.3 is 0 Å². The Morgan fingerprint density at radius 2 is 1.39 bits per heavy atom. The Bertz CT molecular complexity index is 584. The molecule has 0 bridgehead atoms. The van der Waals surface area contributed by atoms with Crippen molar-refractivity contribution in [2.24, 2.45) is 0 Å². The van der Waals surface area contributed by atoms with E-state index in [2.05, 4.69) is 0 Å². The van der Waals surface area contributed by atoms with Crippen LogP contribution in [0.5, 0.6) is 0 Å². The summed E-state index contributed by atoms with van der Waals surface area (Å²) in [6, 6.07) is 13.3. The van der Waals surface area contributed by atoms with E-state index in [-0.39, 0.29) is 5.78 Å². The molecule has 0 saturated heterocycles. The maximum atomic E-state index is 13.4. The molecular weight excluding hydrogens is 231 g/mol. The molecule has 3 rings (SSSR count). The summed E-state index contributed by atoms with van der Waals surface area (Å²) in [6.07, 6.45) is 0. The van der Waals surface area contributed by atoms with E-state index in [4.69, 9.17) is 0 Å². The standard InChI is InChI=1S/C15H11FO2/c16-9-15(18)12-7-3-1-5-10(12)14(17)11-6-2-4-8-13(11)15/h1-8,18H,9H2. The molecule has 0 amide bonds. The van der Waals surface area contributed by atoms with Crippen molar-refractivity contribution in [2.75, 3.05) is 6.67 Å².